The molecule has 1 amide bonds. The largest absolute Gasteiger partial charge is 0.455 e. The molecule has 7 rings (SSSR count). The Balaban J connectivity index is 1.42. The number of rotatable bonds is 14. The summed E-state index contributed by atoms with van der Waals surface area (Å²) in [6.45, 7) is 9.09. The lowest BCUT2D eigenvalue weighted by atomic mass is 9.44. The smallest absolute Gasteiger partial charge is 0.350 e. The molecular weight excluding hydrogens is 895 g/mol. The fourth-order valence-electron chi connectivity index (χ4n) is 10.8. The van der Waals surface area contributed by atoms with E-state index >= 15 is 9.59 Å². The first-order valence-corrected chi connectivity index (χ1v) is 22.8. The molecule has 3 N–H and O–H groups in total. The number of ketones is 2. The first kappa shape index (κ1) is 50.3. The molecule has 3 aromatic rings. The maximum Gasteiger partial charge on any atom is 0.350 e. The number of hydrogen-bond acceptors (Lipinski definition) is 16. The van der Waals surface area contributed by atoms with Gasteiger partial charge in [-0.05, 0) is 61.7 Å². The summed E-state index contributed by atoms with van der Waals surface area (Å²) in [5, 5.41) is 28.9. The van der Waals surface area contributed by atoms with Crippen molar-refractivity contribution >= 4 is 47.3 Å². The molecule has 3 unspecified atom stereocenters. The molecule has 0 aromatic heterocycles. The van der Waals surface area contributed by atoms with Crippen molar-refractivity contribution in [2.45, 2.75) is 128 Å². The highest BCUT2D eigenvalue weighted by Crippen LogP contribution is 2.64. The molecule has 2 saturated carbocycles. The molecule has 1 aliphatic heterocycles. The Kier molecular flexibility index (Phi) is 14.2. The number of benzene rings is 3. The zero-order chi connectivity index (χ0) is 50.2. The van der Waals surface area contributed by atoms with Crippen LogP contribution in [0.5, 0.6) is 0 Å². The Morgan fingerprint density at radius 1 is 0.797 bits per heavy atom. The number of fused-ring (bicyclic) bond motifs is 5. The van der Waals surface area contributed by atoms with Gasteiger partial charge in [-0.3, -0.25) is 24.0 Å². The number of aliphatic hydroxyl groups is 2. The van der Waals surface area contributed by atoms with E-state index in [9.17, 15) is 39.0 Å². The van der Waals surface area contributed by atoms with Crippen LogP contribution in [-0.4, -0.2) is 112 Å². The van der Waals surface area contributed by atoms with Gasteiger partial charge in [0.2, 0.25) is 6.10 Å². The Morgan fingerprint density at radius 2 is 1.39 bits per heavy atom. The van der Waals surface area contributed by atoms with Crippen molar-refractivity contribution in [1.82, 2.24) is 5.32 Å². The van der Waals surface area contributed by atoms with Crippen LogP contribution in [0.3, 0.4) is 0 Å². The summed E-state index contributed by atoms with van der Waals surface area (Å²) in [6.07, 6.45) is -11.5. The van der Waals surface area contributed by atoms with Crippen LogP contribution >= 0.6 is 0 Å². The number of Topliss-reactive ketones (excluding diaryl/α,β-unsaturated/α-hetero) is 2. The molecule has 0 spiro atoms. The fraction of sp³-hybridized carbons (Fsp3) is 0.462. The van der Waals surface area contributed by atoms with Crippen molar-refractivity contribution in [1.29, 1.82) is 0 Å². The van der Waals surface area contributed by atoms with Crippen molar-refractivity contribution in [3.63, 3.8) is 0 Å². The molecule has 366 valence electrons. The van der Waals surface area contributed by atoms with Gasteiger partial charge >= 0.3 is 29.8 Å². The number of hydrogen-bond donors (Lipinski definition) is 3. The molecule has 3 aromatic carbocycles. The number of aliphatic hydroxyl groups excluding tert-OH is 1. The highest BCUT2D eigenvalue weighted by molar-refractivity contribution is 5.96. The summed E-state index contributed by atoms with van der Waals surface area (Å²) >= 11 is 0. The molecule has 11 atom stereocenters. The van der Waals surface area contributed by atoms with Gasteiger partial charge in [0.25, 0.3) is 5.91 Å². The standard InChI is InChI=1S/C52H57NO16/c1-28(54)23-24-38(58)67-42(40(32-17-11-8-12-18-32)53-46(60)33-19-13-9-14-20-33)48(62)66-35-26-52(63)45(68-47(61)34-21-15-10-16-22-34)43-50(7,36(57)25-37-51(43,27-64-37)69-31(4)56)44(59)41(65-30(3)55)39(29(35)2)49(52,5)6/h8-22,35-37,40-43,45,57,63H,23-27H2,1-7H3,(H,53,60)/t35-,36-,37+,40?,41+,42+,43?,45?,50+,51-,52+/m0/s1. The summed E-state index contributed by atoms with van der Waals surface area (Å²) in [4.78, 5) is 111. The highest BCUT2D eigenvalue weighted by atomic mass is 16.6. The quantitative estimate of drug-likeness (QED) is 0.113. The maximum atomic E-state index is 15.7. The van der Waals surface area contributed by atoms with E-state index in [4.69, 9.17) is 28.4 Å². The third-order valence-electron chi connectivity index (χ3n) is 14.4. The number of carbonyl (C=O) groups excluding carboxylic acids is 8. The molecule has 17 nitrogen and oxygen atoms in total. The molecular formula is C52H57NO16. The van der Waals surface area contributed by atoms with Crippen LogP contribution in [0.4, 0.5) is 0 Å². The molecule has 3 aliphatic carbocycles. The second-order valence-corrected chi connectivity index (χ2v) is 19.0. The van der Waals surface area contributed by atoms with Gasteiger partial charge in [0.15, 0.2) is 17.5 Å². The highest BCUT2D eigenvalue weighted by Gasteiger charge is 2.78. The lowest BCUT2D eigenvalue weighted by molar-refractivity contribution is -0.346. The number of carbonyl (C=O) groups is 8. The SMILES string of the molecule is CC(=O)CCC(=O)O[C@@H](C(=O)O[C@H]1C[C@@]2(O)C(OC(=O)c3ccccc3)C3[C@](C)(C(=O)[C@H](OC(C)=O)C(=C1C)C2(C)C)[C@@H](O)C[C@H]1OC[C@@]31OC(C)=O)C(NC(=O)c1ccccc1)c1ccccc1. The molecule has 0 radical (unpaired) electrons. The zero-order valence-electron chi connectivity index (χ0n) is 39.4. The Hall–Kier alpha value is -6.56. The van der Waals surface area contributed by atoms with Crippen molar-refractivity contribution in [2.75, 3.05) is 6.61 Å². The molecule has 2 bridgehead atoms. The van der Waals surface area contributed by atoms with E-state index in [0.717, 1.165) is 13.8 Å². The van der Waals surface area contributed by atoms with Crippen LogP contribution in [0.1, 0.15) is 106 Å². The van der Waals surface area contributed by atoms with Gasteiger partial charge in [-0.2, -0.15) is 0 Å². The van der Waals surface area contributed by atoms with Crippen molar-refractivity contribution in [3.05, 3.63) is 119 Å². The second-order valence-electron chi connectivity index (χ2n) is 19.0. The van der Waals surface area contributed by atoms with Crippen molar-refractivity contribution < 1.29 is 77.0 Å². The van der Waals surface area contributed by atoms with Crippen molar-refractivity contribution in [3.8, 4) is 0 Å². The van der Waals surface area contributed by atoms with Crippen LogP contribution in [-0.2, 0) is 57.2 Å². The summed E-state index contributed by atoms with van der Waals surface area (Å²) in [5.74, 6) is -8.43. The number of esters is 5. The normalized spacial score (nSPS) is 29.7. The minimum Gasteiger partial charge on any atom is -0.455 e. The minimum atomic E-state index is -2.47. The Bertz CT molecular complexity index is 2540. The van der Waals surface area contributed by atoms with Crippen LogP contribution in [0.25, 0.3) is 0 Å². The van der Waals surface area contributed by atoms with E-state index in [-0.39, 0.29) is 47.5 Å². The van der Waals surface area contributed by atoms with E-state index < -0.39 is 125 Å². The molecule has 3 fully saturated rings. The predicted octanol–water partition coefficient (Wildman–Crippen LogP) is 4.66. The lowest BCUT2D eigenvalue weighted by Crippen LogP contribution is -2.82. The Morgan fingerprint density at radius 3 is 1.94 bits per heavy atom. The van der Waals surface area contributed by atoms with Gasteiger partial charge in [-0.1, -0.05) is 80.6 Å². The molecule has 4 aliphatic rings. The van der Waals surface area contributed by atoms with Crippen LogP contribution in [0.2, 0.25) is 0 Å². The molecule has 17 heteroatoms. The van der Waals surface area contributed by atoms with Gasteiger partial charge in [-0.25, -0.2) is 9.59 Å². The monoisotopic (exact) mass is 951 g/mol. The van der Waals surface area contributed by atoms with E-state index in [1.165, 1.54) is 58.9 Å². The van der Waals surface area contributed by atoms with Crippen LogP contribution < -0.4 is 5.32 Å². The topological polar surface area (TPSA) is 244 Å². The average Bonchev–Trinajstić information content (AvgIpc) is 3.30. The average molecular weight is 952 g/mol. The predicted molar refractivity (Wildman–Crippen MR) is 241 cm³/mol. The van der Waals surface area contributed by atoms with E-state index in [2.05, 4.69) is 5.32 Å². The summed E-state index contributed by atoms with van der Waals surface area (Å²) < 4.78 is 36.5. The van der Waals surface area contributed by atoms with Crippen LogP contribution in [0.15, 0.2) is 102 Å². The number of nitrogens with one attached hydrogen (secondary N) is 1. The molecule has 1 heterocycles. The number of amides is 1. The second kappa shape index (κ2) is 19.4. The lowest BCUT2D eigenvalue weighted by Gasteiger charge is -2.67. The minimum absolute atomic E-state index is 0.0377. The zero-order valence-corrected chi connectivity index (χ0v) is 39.4. The van der Waals surface area contributed by atoms with E-state index in [1.54, 1.807) is 66.7 Å². The van der Waals surface area contributed by atoms with Crippen LogP contribution in [0, 0.1) is 16.7 Å². The molecule has 1 saturated heterocycles. The Labute approximate surface area is 398 Å². The van der Waals surface area contributed by atoms with E-state index in [1.807, 2.05) is 0 Å². The van der Waals surface area contributed by atoms with Crippen molar-refractivity contribution in [2.24, 2.45) is 16.7 Å². The number of ether oxygens (including phenoxy) is 6. The molecule has 69 heavy (non-hydrogen) atoms. The first-order valence-electron chi connectivity index (χ1n) is 22.8. The first-order chi connectivity index (χ1) is 32.6. The van der Waals surface area contributed by atoms with Gasteiger partial charge < -0.3 is 48.7 Å². The summed E-state index contributed by atoms with van der Waals surface area (Å²) in [7, 11) is 0. The summed E-state index contributed by atoms with van der Waals surface area (Å²) in [6, 6.07) is 22.5. The van der Waals surface area contributed by atoms with Gasteiger partial charge in [0, 0.05) is 44.1 Å². The third-order valence-corrected chi connectivity index (χ3v) is 14.4. The van der Waals surface area contributed by atoms with Gasteiger partial charge in [-0.15, -0.1) is 0 Å². The third kappa shape index (κ3) is 9.22. The van der Waals surface area contributed by atoms with Gasteiger partial charge in [0.05, 0.1) is 36.0 Å². The maximum absolute atomic E-state index is 15.7. The summed E-state index contributed by atoms with van der Waals surface area (Å²) in [5.41, 5.74) is -7.52. The van der Waals surface area contributed by atoms with E-state index in [0.29, 0.717) is 5.56 Å². The van der Waals surface area contributed by atoms with Gasteiger partial charge in [0.1, 0.15) is 35.7 Å². The fourth-order valence-corrected chi connectivity index (χ4v) is 10.8.